The first-order chi connectivity index (χ1) is 8.67. The zero-order valence-electron chi connectivity index (χ0n) is 9.44. The van der Waals surface area contributed by atoms with Crippen LogP contribution in [0.2, 0.25) is 0 Å². The Balaban J connectivity index is 2.70. The molecule has 0 fully saturated rings. The van der Waals surface area contributed by atoms with Gasteiger partial charge in [-0.3, -0.25) is 4.79 Å². The van der Waals surface area contributed by atoms with Crippen molar-refractivity contribution in [3.05, 3.63) is 32.2 Å². The second-order valence-electron chi connectivity index (χ2n) is 3.37. The number of aldehydes is 1. The molecule has 2 rings (SSSR count). The molecule has 6 heteroatoms. The molecule has 1 heterocycles. The van der Waals surface area contributed by atoms with Crippen LogP contribution in [0.1, 0.15) is 0 Å². The van der Waals surface area contributed by atoms with Gasteiger partial charge in [-0.2, -0.15) is 0 Å². The molecule has 0 atom stereocenters. The van der Waals surface area contributed by atoms with Gasteiger partial charge in [0.05, 0.1) is 16.1 Å². The average Bonchev–Trinajstić information content (AvgIpc) is 2.38. The molecule has 0 aliphatic rings. The molecule has 0 spiro atoms. The van der Waals surface area contributed by atoms with Crippen molar-refractivity contribution < 1.29 is 18.7 Å². The van der Waals surface area contributed by atoms with Crippen LogP contribution in [-0.2, 0) is 4.79 Å². The molecule has 0 saturated heterocycles. The quantitative estimate of drug-likeness (QED) is 0.474. The molecule has 0 aliphatic heterocycles. The highest BCUT2D eigenvalue weighted by Gasteiger charge is 2.14. The summed E-state index contributed by atoms with van der Waals surface area (Å²) < 4.78 is 16.2. The first-order valence-electron chi connectivity index (χ1n) is 5.04. The molecule has 0 N–H and O–H groups in total. The maximum Gasteiger partial charge on any atom is 0.336 e. The number of rotatable bonds is 4. The Morgan fingerprint density at radius 3 is 2.83 bits per heavy atom. The van der Waals surface area contributed by atoms with Gasteiger partial charge in [-0.25, -0.2) is 4.79 Å². The van der Waals surface area contributed by atoms with E-state index in [-0.39, 0.29) is 6.61 Å². The van der Waals surface area contributed by atoms with Gasteiger partial charge >= 0.3 is 5.63 Å². The molecule has 5 nitrogen and oxygen atoms in total. The highest BCUT2D eigenvalue weighted by molar-refractivity contribution is 14.1. The largest absolute Gasteiger partial charge is 0.496 e. The van der Waals surface area contributed by atoms with E-state index in [1.807, 2.05) is 22.6 Å². The topological polar surface area (TPSA) is 65.7 Å². The highest BCUT2D eigenvalue weighted by atomic mass is 127. The minimum absolute atomic E-state index is 0.0677. The molecule has 1 aromatic heterocycles. The number of hydrogen-bond acceptors (Lipinski definition) is 5. The fourth-order valence-electron chi connectivity index (χ4n) is 1.54. The maximum absolute atomic E-state index is 11.3. The molecule has 1 aromatic carbocycles. The number of hydrogen-bond donors (Lipinski definition) is 0. The highest BCUT2D eigenvalue weighted by Crippen LogP contribution is 2.35. The van der Waals surface area contributed by atoms with Crippen molar-refractivity contribution in [1.29, 1.82) is 0 Å². The van der Waals surface area contributed by atoms with Crippen LogP contribution in [0.5, 0.6) is 11.5 Å². The standard InChI is InChI=1S/C12H9IO5/c1-16-8-6-9(17-5-4-14)11(13)12-7(8)2-3-10(15)18-12/h2-4,6H,5H2,1H3. The summed E-state index contributed by atoms with van der Waals surface area (Å²) in [6.45, 7) is -0.0677. The van der Waals surface area contributed by atoms with Crippen molar-refractivity contribution in [3.8, 4) is 11.5 Å². The third kappa shape index (κ3) is 2.33. The predicted octanol–water partition coefficient (Wildman–Crippen LogP) is 1.98. The van der Waals surface area contributed by atoms with E-state index in [1.165, 1.54) is 13.2 Å². The summed E-state index contributed by atoms with van der Waals surface area (Å²) in [4.78, 5) is 21.6. The monoisotopic (exact) mass is 360 g/mol. The number of carbonyl (C=O) groups excluding carboxylic acids is 1. The smallest absolute Gasteiger partial charge is 0.336 e. The van der Waals surface area contributed by atoms with Crippen LogP contribution in [0.25, 0.3) is 11.0 Å². The number of ether oxygens (including phenoxy) is 2. The van der Waals surface area contributed by atoms with Crippen LogP contribution in [0, 0.1) is 3.57 Å². The molecule has 94 valence electrons. The van der Waals surface area contributed by atoms with Crippen LogP contribution in [0.4, 0.5) is 0 Å². The van der Waals surface area contributed by atoms with Crippen molar-refractivity contribution in [2.75, 3.05) is 13.7 Å². The Morgan fingerprint density at radius 1 is 1.39 bits per heavy atom. The molecule has 0 bridgehead atoms. The Bertz CT molecular complexity index is 647. The molecule has 0 radical (unpaired) electrons. The molecule has 0 unspecified atom stereocenters. The Kier molecular flexibility index (Phi) is 3.85. The lowest BCUT2D eigenvalue weighted by Gasteiger charge is -2.10. The van der Waals surface area contributed by atoms with E-state index < -0.39 is 5.63 Å². The predicted molar refractivity (Wildman–Crippen MR) is 73.3 cm³/mol. The Morgan fingerprint density at radius 2 is 2.17 bits per heavy atom. The lowest BCUT2D eigenvalue weighted by Crippen LogP contribution is -2.02. The first kappa shape index (κ1) is 12.9. The van der Waals surface area contributed by atoms with Gasteiger partial charge in [0.25, 0.3) is 0 Å². The number of methoxy groups -OCH3 is 1. The molecule has 0 amide bonds. The average molecular weight is 360 g/mol. The van der Waals surface area contributed by atoms with Gasteiger partial charge in [0.15, 0.2) is 11.9 Å². The number of fused-ring (bicyclic) bond motifs is 1. The summed E-state index contributed by atoms with van der Waals surface area (Å²) in [7, 11) is 1.51. The van der Waals surface area contributed by atoms with E-state index in [4.69, 9.17) is 13.9 Å². The Hall–Kier alpha value is -1.57. The van der Waals surface area contributed by atoms with E-state index in [0.717, 1.165) is 0 Å². The van der Waals surface area contributed by atoms with E-state index in [9.17, 15) is 9.59 Å². The van der Waals surface area contributed by atoms with E-state index in [1.54, 1.807) is 12.1 Å². The van der Waals surface area contributed by atoms with E-state index in [2.05, 4.69) is 0 Å². The van der Waals surface area contributed by atoms with Gasteiger partial charge < -0.3 is 13.9 Å². The first-order valence-corrected chi connectivity index (χ1v) is 6.12. The summed E-state index contributed by atoms with van der Waals surface area (Å²) in [5, 5.41) is 0.681. The van der Waals surface area contributed by atoms with E-state index >= 15 is 0 Å². The van der Waals surface area contributed by atoms with Crippen LogP contribution in [0.3, 0.4) is 0 Å². The number of carbonyl (C=O) groups is 1. The molecule has 18 heavy (non-hydrogen) atoms. The second kappa shape index (κ2) is 5.38. The lowest BCUT2D eigenvalue weighted by molar-refractivity contribution is -0.109. The fraction of sp³-hybridized carbons (Fsp3) is 0.167. The normalized spacial score (nSPS) is 10.3. The van der Waals surface area contributed by atoms with Gasteiger partial charge in [0.2, 0.25) is 0 Å². The number of benzene rings is 1. The number of halogens is 1. The van der Waals surface area contributed by atoms with Crippen molar-refractivity contribution in [3.63, 3.8) is 0 Å². The molecule has 0 aliphatic carbocycles. The van der Waals surface area contributed by atoms with Crippen molar-refractivity contribution in [2.24, 2.45) is 0 Å². The molecular weight excluding hydrogens is 351 g/mol. The van der Waals surface area contributed by atoms with Crippen LogP contribution in [-0.4, -0.2) is 20.0 Å². The van der Waals surface area contributed by atoms with Crippen molar-refractivity contribution >= 4 is 39.8 Å². The van der Waals surface area contributed by atoms with Crippen molar-refractivity contribution in [1.82, 2.24) is 0 Å². The summed E-state index contributed by atoms with van der Waals surface area (Å²) in [6, 6.07) is 4.62. The van der Waals surface area contributed by atoms with Crippen LogP contribution in [0.15, 0.2) is 27.4 Å². The maximum atomic E-state index is 11.3. The van der Waals surface area contributed by atoms with Gasteiger partial charge in [-0.15, -0.1) is 0 Å². The molecule has 0 saturated carbocycles. The lowest BCUT2D eigenvalue weighted by atomic mass is 10.2. The van der Waals surface area contributed by atoms with Gasteiger partial charge in [-0.05, 0) is 28.7 Å². The molecule has 2 aromatic rings. The zero-order chi connectivity index (χ0) is 13.1. The zero-order valence-corrected chi connectivity index (χ0v) is 11.6. The fourth-order valence-corrected chi connectivity index (χ4v) is 2.26. The van der Waals surface area contributed by atoms with Crippen LogP contribution < -0.4 is 15.1 Å². The van der Waals surface area contributed by atoms with Crippen LogP contribution >= 0.6 is 22.6 Å². The van der Waals surface area contributed by atoms with Gasteiger partial charge in [-0.1, -0.05) is 0 Å². The van der Waals surface area contributed by atoms with Gasteiger partial charge in [0.1, 0.15) is 18.1 Å². The SMILES string of the molecule is COc1cc(OCC=O)c(I)c2oc(=O)ccc12. The summed E-state index contributed by atoms with van der Waals surface area (Å²) >= 11 is 2.00. The second-order valence-corrected chi connectivity index (χ2v) is 4.44. The van der Waals surface area contributed by atoms with Crippen molar-refractivity contribution in [2.45, 2.75) is 0 Å². The third-order valence-electron chi connectivity index (χ3n) is 2.30. The summed E-state index contributed by atoms with van der Waals surface area (Å²) in [5.41, 5.74) is -0.0571. The Labute approximate surface area is 116 Å². The minimum atomic E-state index is -0.449. The minimum Gasteiger partial charge on any atom is -0.496 e. The molecular formula is C12H9IO5. The summed E-state index contributed by atoms with van der Waals surface area (Å²) in [5.74, 6) is 0.969. The van der Waals surface area contributed by atoms with Gasteiger partial charge in [0, 0.05) is 12.1 Å². The third-order valence-corrected chi connectivity index (χ3v) is 3.32. The van der Waals surface area contributed by atoms with E-state index in [0.29, 0.717) is 32.3 Å². The summed E-state index contributed by atoms with van der Waals surface area (Å²) in [6.07, 6.45) is 0.647.